The summed E-state index contributed by atoms with van der Waals surface area (Å²) in [5, 5.41) is 14.8. The highest BCUT2D eigenvalue weighted by Crippen LogP contribution is 2.61. The van der Waals surface area contributed by atoms with Crippen LogP contribution in [0.2, 0.25) is 5.02 Å². The number of para-hydroxylation sites is 1. The summed E-state index contributed by atoms with van der Waals surface area (Å²) in [5.41, 5.74) is -0.0523. The lowest BCUT2D eigenvalue weighted by Gasteiger charge is -2.59. The van der Waals surface area contributed by atoms with Crippen molar-refractivity contribution in [1.29, 1.82) is 0 Å². The standard InChI is InChI=1S/C25H28ClFN4O3/c26-22-20(30-7-5-29(6-8-30)19-4-2-1-3-18(19)27)14-28-31(23(22)32)25-12-15-9-16(13-25)11-17(10-15)21(25)24(33)34/h1-4,14-17,21H,5-13H2,(H,33,34)/t15-,16+,17?,21-,25?/m1/s1. The van der Waals surface area contributed by atoms with E-state index in [2.05, 4.69) is 5.10 Å². The van der Waals surface area contributed by atoms with E-state index < -0.39 is 23.0 Å². The molecule has 1 aromatic carbocycles. The molecule has 4 bridgehead atoms. The van der Waals surface area contributed by atoms with E-state index in [4.69, 9.17) is 11.6 Å². The van der Waals surface area contributed by atoms with Gasteiger partial charge in [-0.1, -0.05) is 23.7 Å². The van der Waals surface area contributed by atoms with Gasteiger partial charge in [-0.15, -0.1) is 0 Å². The molecule has 1 aliphatic heterocycles. The zero-order chi connectivity index (χ0) is 23.6. The number of halogens is 2. The van der Waals surface area contributed by atoms with E-state index >= 15 is 0 Å². The van der Waals surface area contributed by atoms with Gasteiger partial charge in [-0.05, 0) is 62.0 Å². The van der Waals surface area contributed by atoms with E-state index in [1.807, 2.05) is 15.9 Å². The van der Waals surface area contributed by atoms with E-state index in [-0.39, 0.29) is 16.8 Å². The quantitative estimate of drug-likeness (QED) is 0.711. The lowest BCUT2D eigenvalue weighted by Crippen LogP contribution is -2.63. The van der Waals surface area contributed by atoms with Crippen LogP contribution in [0.5, 0.6) is 0 Å². The molecule has 2 heterocycles. The number of nitrogens with zero attached hydrogens (tertiary/aromatic N) is 4. The van der Waals surface area contributed by atoms with Crippen LogP contribution in [-0.4, -0.2) is 47.0 Å². The van der Waals surface area contributed by atoms with Crippen molar-refractivity contribution in [2.75, 3.05) is 36.0 Å². The molecular formula is C25H28ClFN4O3. The van der Waals surface area contributed by atoms with Crippen molar-refractivity contribution >= 4 is 28.9 Å². The zero-order valence-corrected chi connectivity index (χ0v) is 19.6. The third-order valence-electron chi connectivity index (χ3n) is 8.68. The van der Waals surface area contributed by atoms with Crippen molar-refractivity contribution in [2.45, 2.75) is 37.6 Å². The van der Waals surface area contributed by atoms with Crippen molar-refractivity contribution in [2.24, 2.45) is 23.7 Å². The Morgan fingerprint density at radius 2 is 1.65 bits per heavy atom. The normalized spacial score (nSPS) is 32.3. The molecule has 5 fully saturated rings. The highest BCUT2D eigenvalue weighted by Gasteiger charge is 2.61. The summed E-state index contributed by atoms with van der Waals surface area (Å²) < 4.78 is 15.6. The van der Waals surface area contributed by atoms with Crippen molar-refractivity contribution in [1.82, 2.24) is 9.78 Å². The number of rotatable bonds is 4. The van der Waals surface area contributed by atoms with Gasteiger partial charge in [-0.25, -0.2) is 9.07 Å². The van der Waals surface area contributed by atoms with Crippen molar-refractivity contribution in [3.63, 3.8) is 0 Å². The molecule has 0 spiro atoms. The smallest absolute Gasteiger partial charge is 0.309 e. The fraction of sp³-hybridized carbons (Fsp3) is 0.560. The maximum absolute atomic E-state index is 14.2. The molecule has 2 unspecified atom stereocenters. The van der Waals surface area contributed by atoms with Gasteiger partial charge in [0, 0.05) is 26.2 Å². The summed E-state index contributed by atoms with van der Waals surface area (Å²) in [5.74, 6) is -0.679. The second kappa shape index (κ2) is 7.97. The first-order chi connectivity index (χ1) is 16.4. The zero-order valence-electron chi connectivity index (χ0n) is 18.9. The van der Waals surface area contributed by atoms with Gasteiger partial charge in [0.25, 0.3) is 5.56 Å². The molecule has 7 rings (SSSR count). The van der Waals surface area contributed by atoms with Crippen molar-refractivity contribution in [3.8, 4) is 0 Å². The molecule has 0 amide bonds. The molecule has 7 nitrogen and oxygen atoms in total. The second-order valence-corrected chi connectivity index (χ2v) is 10.9. The Balaban J connectivity index is 1.29. The van der Waals surface area contributed by atoms with Gasteiger partial charge >= 0.3 is 5.97 Å². The van der Waals surface area contributed by atoms with Gasteiger partial charge in [-0.2, -0.15) is 5.10 Å². The molecule has 34 heavy (non-hydrogen) atoms. The van der Waals surface area contributed by atoms with E-state index in [9.17, 15) is 19.1 Å². The second-order valence-electron chi connectivity index (χ2n) is 10.5. The van der Waals surface area contributed by atoms with E-state index in [1.165, 1.54) is 10.7 Å². The Labute approximate surface area is 202 Å². The summed E-state index contributed by atoms with van der Waals surface area (Å²) in [7, 11) is 0. The van der Waals surface area contributed by atoms with Gasteiger partial charge in [0.2, 0.25) is 0 Å². The summed E-state index contributed by atoms with van der Waals surface area (Å²) in [6, 6.07) is 6.72. The fourth-order valence-corrected chi connectivity index (χ4v) is 7.84. The number of carbonyl (C=O) groups is 1. The minimum absolute atomic E-state index is 0.0919. The van der Waals surface area contributed by atoms with Crippen LogP contribution < -0.4 is 15.4 Å². The molecule has 5 aliphatic rings. The maximum atomic E-state index is 14.2. The highest BCUT2D eigenvalue weighted by molar-refractivity contribution is 6.33. The average Bonchev–Trinajstić information content (AvgIpc) is 2.80. The number of piperazine rings is 1. The number of carboxylic acids is 1. The topological polar surface area (TPSA) is 78.7 Å². The van der Waals surface area contributed by atoms with Gasteiger partial charge in [0.05, 0.1) is 29.0 Å². The highest BCUT2D eigenvalue weighted by atomic mass is 35.5. The molecular weight excluding hydrogens is 459 g/mol. The van der Waals surface area contributed by atoms with Crippen LogP contribution in [0, 0.1) is 29.5 Å². The lowest BCUT2D eigenvalue weighted by molar-refractivity contribution is -0.168. The van der Waals surface area contributed by atoms with Gasteiger partial charge in [0.15, 0.2) is 0 Å². The Kier molecular flexibility index (Phi) is 5.13. The van der Waals surface area contributed by atoms with Crippen LogP contribution in [0.3, 0.4) is 0 Å². The van der Waals surface area contributed by atoms with Crippen LogP contribution in [0.1, 0.15) is 32.1 Å². The summed E-state index contributed by atoms with van der Waals surface area (Å²) >= 11 is 6.64. The average molecular weight is 487 g/mol. The minimum Gasteiger partial charge on any atom is -0.481 e. The van der Waals surface area contributed by atoms with Gasteiger partial charge in [-0.3, -0.25) is 9.59 Å². The number of aromatic nitrogens is 2. The Bertz CT molecular complexity index is 1180. The third kappa shape index (κ3) is 3.25. The molecule has 1 N–H and O–H groups in total. The predicted octanol–water partition coefficient (Wildman–Crippen LogP) is 3.60. The lowest BCUT2D eigenvalue weighted by atomic mass is 9.48. The summed E-state index contributed by atoms with van der Waals surface area (Å²) in [6.07, 6.45) is 5.98. The molecule has 2 aromatic rings. The number of hydrogen-bond acceptors (Lipinski definition) is 5. The maximum Gasteiger partial charge on any atom is 0.309 e. The SMILES string of the molecule is O=C(O)[C@H]1C2C[C@@H]3C[C@H](C2)CC1(n1ncc(N2CCN(c4ccccc4F)CC2)c(Cl)c1=O)C3. The Hall–Kier alpha value is -2.61. The van der Waals surface area contributed by atoms with Crippen LogP contribution in [0.15, 0.2) is 35.3 Å². The molecule has 1 saturated heterocycles. The molecule has 4 aliphatic carbocycles. The van der Waals surface area contributed by atoms with E-state index in [0.29, 0.717) is 62.2 Å². The number of anilines is 2. The third-order valence-corrected chi connectivity index (χ3v) is 9.03. The molecule has 5 atom stereocenters. The van der Waals surface area contributed by atoms with Crippen molar-refractivity contribution < 1.29 is 14.3 Å². The molecule has 1 aromatic heterocycles. The van der Waals surface area contributed by atoms with Crippen LogP contribution in [0.25, 0.3) is 0 Å². The first-order valence-corrected chi connectivity index (χ1v) is 12.5. The van der Waals surface area contributed by atoms with Crippen LogP contribution >= 0.6 is 11.6 Å². The fourth-order valence-electron chi connectivity index (χ4n) is 7.59. The first kappa shape index (κ1) is 21.9. The summed E-state index contributed by atoms with van der Waals surface area (Å²) in [6.45, 7) is 2.34. The minimum atomic E-state index is -0.832. The van der Waals surface area contributed by atoms with E-state index in [1.54, 1.807) is 18.3 Å². The molecule has 4 saturated carbocycles. The summed E-state index contributed by atoms with van der Waals surface area (Å²) in [4.78, 5) is 29.9. The Morgan fingerprint density at radius 3 is 2.26 bits per heavy atom. The van der Waals surface area contributed by atoms with Crippen LogP contribution in [0.4, 0.5) is 15.8 Å². The van der Waals surface area contributed by atoms with Gasteiger partial charge < -0.3 is 14.9 Å². The first-order valence-electron chi connectivity index (χ1n) is 12.1. The van der Waals surface area contributed by atoms with Crippen LogP contribution in [-0.2, 0) is 10.3 Å². The largest absolute Gasteiger partial charge is 0.481 e. The van der Waals surface area contributed by atoms with E-state index in [0.717, 1.165) is 19.3 Å². The molecule has 180 valence electrons. The number of benzene rings is 1. The number of hydrogen-bond donors (Lipinski definition) is 1. The predicted molar refractivity (Wildman–Crippen MR) is 127 cm³/mol. The number of aliphatic carboxylic acids is 1. The molecule has 9 heteroatoms. The monoisotopic (exact) mass is 486 g/mol. The van der Waals surface area contributed by atoms with Gasteiger partial charge in [0.1, 0.15) is 10.8 Å². The van der Waals surface area contributed by atoms with Crippen molar-refractivity contribution in [3.05, 3.63) is 51.7 Å². The Morgan fingerprint density at radius 1 is 1.03 bits per heavy atom. The molecule has 0 radical (unpaired) electrons. The number of carboxylic acid groups (broad SMARTS) is 1.